The topological polar surface area (TPSA) is 63.1 Å². The van der Waals surface area contributed by atoms with Gasteiger partial charge in [0.05, 0.1) is 13.0 Å². The summed E-state index contributed by atoms with van der Waals surface area (Å²) < 4.78 is 5.11. The number of hydrogen-bond acceptors (Lipinski definition) is 2. The lowest BCUT2D eigenvalue weighted by Crippen LogP contribution is -2.69. The minimum atomic E-state index is -0.838. The number of aliphatic carboxylic acids is 1. The highest BCUT2D eigenvalue weighted by molar-refractivity contribution is 5.76. The Morgan fingerprint density at radius 1 is 1.60 bits per heavy atom. The lowest BCUT2D eigenvalue weighted by molar-refractivity contribution is -0.505. The smallest absolute Gasteiger partial charge is 0.310 e. The summed E-state index contributed by atoms with van der Waals surface area (Å²) >= 11 is 0. The molecule has 0 bridgehead atoms. The highest BCUT2D eigenvalue weighted by atomic mass is 16.5. The van der Waals surface area contributed by atoms with Crippen LogP contribution in [0.1, 0.15) is 18.4 Å². The Balaban J connectivity index is 3.07. The first-order valence-electron chi connectivity index (χ1n) is 4.63. The Kier molecular flexibility index (Phi) is 3.68. The SMILES string of the molecule is [CH2-][NH2+]c1cc(C(C)C(=O)O)ccc1OC. The van der Waals surface area contributed by atoms with E-state index in [4.69, 9.17) is 9.84 Å². The van der Waals surface area contributed by atoms with Crippen molar-refractivity contribution in [3.8, 4) is 5.75 Å². The van der Waals surface area contributed by atoms with Crippen LogP contribution in [0.15, 0.2) is 18.2 Å². The first-order valence-corrected chi connectivity index (χ1v) is 4.63. The minimum Gasteiger partial charge on any atom is -0.491 e. The van der Waals surface area contributed by atoms with Gasteiger partial charge in [-0.15, -0.1) is 7.05 Å². The molecule has 0 saturated heterocycles. The Labute approximate surface area is 88.9 Å². The zero-order valence-corrected chi connectivity index (χ0v) is 8.86. The second kappa shape index (κ2) is 4.79. The molecule has 0 radical (unpaired) electrons. The molecule has 0 fully saturated rings. The molecule has 1 aromatic carbocycles. The van der Waals surface area contributed by atoms with Crippen LogP contribution in [-0.2, 0) is 4.79 Å². The summed E-state index contributed by atoms with van der Waals surface area (Å²) in [5.41, 5.74) is 1.56. The molecule has 4 nitrogen and oxygen atoms in total. The minimum absolute atomic E-state index is 0.519. The lowest BCUT2D eigenvalue weighted by atomic mass is 10.0. The van der Waals surface area contributed by atoms with Gasteiger partial charge in [0.2, 0.25) is 0 Å². The van der Waals surface area contributed by atoms with E-state index in [1.807, 2.05) is 0 Å². The van der Waals surface area contributed by atoms with E-state index < -0.39 is 11.9 Å². The maximum atomic E-state index is 10.8. The van der Waals surface area contributed by atoms with Crippen LogP contribution >= 0.6 is 0 Å². The third-order valence-electron chi connectivity index (χ3n) is 2.34. The van der Waals surface area contributed by atoms with E-state index >= 15 is 0 Å². The van der Waals surface area contributed by atoms with Gasteiger partial charge in [-0.05, 0) is 18.6 Å². The molecule has 3 N–H and O–H groups in total. The number of ether oxygens (including phenoxy) is 1. The Hall–Kier alpha value is -1.55. The molecule has 0 aliphatic heterocycles. The van der Waals surface area contributed by atoms with Gasteiger partial charge in [0.1, 0.15) is 5.69 Å². The van der Waals surface area contributed by atoms with Crippen molar-refractivity contribution in [2.24, 2.45) is 0 Å². The summed E-state index contributed by atoms with van der Waals surface area (Å²) in [6, 6.07) is 5.29. The van der Waals surface area contributed by atoms with Crippen LogP contribution in [0.2, 0.25) is 0 Å². The summed E-state index contributed by atoms with van der Waals surface area (Å²) in [6.45, 7) is 1.65. The van der Waals surface area contributed by atoms with Gasteiger partial charge >= 0.3 is 5.97 Å². The van der Waals surface area contributed by atoms with Gasteiger partial charge in [-0.1, -0.05) is 6.07 Å². The number of benzene rings is 1. The van der Waals surface area contributed by atoms with E-state index in [0.29, 0.717) is 5.75 Å². The molecule has 0 aliphatic carbocycles. The second-order valence-corrected chi connectivity index (χ2v) is 3.27. The quantitative estimate of drug-likeness (QED) is 0.571. The Bertz CT molecular complexity index is 363. The van der Waals surface area contributed by atoms with E-state index in [0.717, 1.165) is 11.3 Å². The Morgan fingerprint density at radius 3 is 2.73 bits per heavy atom. The molecule has 1 aromatic rings. The molecule has 1 unspecified atom stereocenters. The van der Waals surface area contributed by atoms with E-state index in [2.05, 4.69) is 7.05 Å². The normalized spacial score (nSPS) is 12.2. The zero-order valence-electron chi connectivity index (χ0n) is 8.86. The first kappa shape index (κ1) is 11.5. The highest BCUT2D eigenvalue weighted by Crippen LogP contribution is 2.25. The number of nitrogens with two attached hydrogens (primary N) is 1. The van der Waals surface area contributed by atoms with E-state index in [9.17, 15) is 4.79 Å². The van der Waals surface area contributed by atoms with Crippen molar-refractivity contribution in [3.63, 3.8) is 0 Å². The third-order valence-corrected chi connectivity index (χ3v) is 2.34. The lowest BCUT2D eigenvalue weighted by Gasteiger charge is -2.11. The molecule has 82 valence electrons. The fourth-order valence-electron chi connectivity index (χ4n) is 1.32. The maximum absolute atomic E-state index is 10.8. The molecule has 0 saturated carbocycles. The highest BCUT2D eigenvalue weighted by Gasteiger charge is 2.15. The average molecular weight is 209 g/mol. The molecule has 1 atom stereocenters. The largest absolute Gasteiger partial charge is 0.491 e. The monoisotopic (exact) mass is 209 g/mol. The van der Waals surface area contributed by atoms with Crippen LogP contribution in [0.5, 0.6) is 5.75 Å². The molecule has 0 amide bonds. The predicted molar refractivity (Wildman–Crippen MR) is 56.0 cm³/mol. The van der Waals surface area contributed by atoms with Crippen molar-refractivity contribution in [2.75, 3.05) is 7.11 Å². The van der Waals surface area contributed by atoms with Crippen molar-refractivity contribution in [1.82, 2.24) is 0 Å². The summed E-state index contributed by atoms with van der Waals surface area (Å²) in [5, 5.41) is 10.5. The second-order valence-electron chi connectivity index (χ2n) is 3.27. The van der Waals surface area contributed by atoms with Gasteiger partial charge in [0.25, 0.3) is 0 Å². The van der Waals surface area contributed by atoms with Gasteiger partial charge in [-0.25, -0.2) is 0 Å². The van der Waals surface area contributed by atoms with Crippen molar-refractivity contribution in [2.45, 2.75) is 12.8 Å². The third kappa shape index (κ3) is 2.47. The number of carbonyl (C=O) groups is 1. The van der Waals surface area contributed by atoms with Gasteiger partial charge in [0.15, 0.2) is 5.75 Å². The summed E-state index contributed by atoms with van der Waals surface area (Å²) in [5.74, 6) is -0.656. The van der Waals surface area contributed by atoms with Gasteiger partial charge < -0.3 is 15.2 Å². The number of methoxy groups -OCH3 is 1. The molecule has 1 rings (SSSR count). The van der Waals surface area contributed by atoms with Crippen molar-refractivity contribution in [3.05, 3.63) is 30.8 Å². The molecular weight excluding hydrogens is 194 g/mol. The van der Waals surface area contributed by atoms with E-state index in [-0.39, 0.29) is 0 Å². The summed E-state index contributed by atoms with van der Waals surface area (Å²) in [7, 11) is 5.23. The van der Waals surface area contributed by atoms with Crippen molar-refractivity contribution in [1.29, 1.82) is 0 Å². The fraction of sp³-hybridized carbons (Fsp3) is 0.273. The van der Waals surface area contributed by atoms with Crippen LogP contribution in [0, 0.1) is 7.05 Å². The van der Waals surface area contributed by atoms with Gasteiger partial charge in [0, 0.05) is 6.07 Å². The predicted octanol–water partition coefficient (Wildman–Crippen LogP) is 0.870. The Morgan fingerprint density at radius 2 is 2.27 bits per heavy atom. The number of carboxylic acids is 1. The first-order chi connectivity index (χ1) is 7.10. The molecular formula is C11H15NO3. The van der Waals surface area contributed by atoms with Crippen LogP contribution in [0.3, 0.4) is 0 Å². The van der Waals surface area contributed by atoms with Crippen LogP contribution in [-0.4, -0.2) is 18.2 Å². The maximum Gasteiger partial charge on any atom is 0.310 e. The van der Waals surface area contributed by atoms with E-state index in [1.54, 1.807) is 37.5 Å². The summed E-state index contributed by atoms with van der Waals surface area (Å²) in [4.78, 5) is 10.8. The van der Waals surface area contributed by atoms with Crippen molar-refractivity contribution < 1.29 is 20.0 Å². The molecule has 0 heterocycles. The average Bonchev–Trinajstić information content (AvgIpc) is 2.26. The molecule has 0 aromatic heterocycles. The fourth-order valence-corrected chi connectivity index (χ4v) is 1.32. The molecule has 0 aliphatic rings. The molecule has 4 heteroatoms. The van der Waals surface area contributed by atoms with Gasteiger partial charge in [-0.2, -0.15) is 0 Å². The summed E-state index contributed by atoms with van der Waals surface area (Å²) in [6.07, 6.45) is 0. The zero-order chi connectivity index (χ0) is 11.4. The van der Waals surface area contributed by atoms with Crippen LogP contribution in [0.25, 0.3) is 0 Å². The van der Waals surface area contributed by atoms with Crippen LogP contribution < -0.4 is 10.1 Å². The standard InChI is InChI=1S/C11H15NO3/c1-7(11(13)14)8-4-5-10(15-3)9(6-8)12-2/h4-7H,2,12H2,1,3H3,(H,13,14). The van der Waals surface area contributed by atoms with Crippen molar-refractivity contribution >= 4 is 11.7 Å². The van der Waals surface area contributed by atoms with E-state index in [1.165, 1.54) is 0 Å². The van der Waals surface area contributed by atoms with Crippen LogP contribution in [0.4, 0.5) is 5.69 Å². The number of rotatable bonds is 4. The van der Waals surface area contributed by atoms with Gasteiger partial charge in [-0.3, -0.25) is 4.79 Å². The number of hydrogen-bond donors (Lipinski definition) is 2. The number of carboxylic acid groups (broad SMARTS) is 1. The molecule has 0 spiro atoms. The molecule has 15 heavy (non-hydrogen) atoms. The number of quaternary nitrogens is 1.